The number of amides is 1. The Morgan fingerprint density at radius 3 is 3.12 bits per heavy atom. The molecule has 0 aliphatic carbocycles. The average Bonchev–Trinajstić information content (AvgIpc) is 2.67. The number of nitrogens with one attached hydrogen (secondary N) is 1. The third kappa shape index (κ3) is 2.04. The summed E-state index contributed by atoms with van der Waals surface area (Å²) in [5.74, 6) is 4.86. The van der Waals surface area contributed by atoms with Gasteiger partial charge in [-0.15, -0.1) is 0 Å². The van der Waals surface area contributed by atoms with Crippen molar-refractivity contribution in [2.75, 3.05) is 0 Å². The van der Waals surface area contributed by atoms with E-state index in [1.54, 1.807) is 6.33 Å². The van der Waals surface area contributed by atoms with Crippen molar-refractivity contribution in [3.8, 4) is 0 Å². The Morgan fingerprint density at radius 2 is 2.38 bits per heavy atom. The van der Waals surface area contributed by atoms with Crippen LogP contribution in [0.15, 0.2) is 24.5 Å². The molecule has 3 N–H and O–H groups in total. The zero-order valence-corrected chi connectivity index (χ0v) is 9.10. The Balaban J connectivity index is 2.17. The molecule has 0 fully saturated rings. The van der Waals surface area contributed by atoms with E-state index in [9.17, 15) is 4.79 Å². The van der Waals surface area contributed by atoms with E-state index in [0.717, 1.165) is 16.6 Å². The smallest absolute Gasteiger partial charge is 0.234 e. The van der Waals surface area contributed by atoms with E-state index in [0.29, 0.717) is 12.8 Å². The number of fused-ring (bicyclic) bond motifs is 1. The standard InChI is InChI=1S/C11H14N4O/c1-15-7-13-9-6-8(2-4-10(9)15)3-5-11(16)14-12/h2,4,6-7H,3,5,12H2,1H3,(H,14,16). The van der Waals surface area contributed by atoms with Gasteiger partial charge in [-0.3, -0.25) is 10.2 Å². The zero-order valence-electron chi connectivity index (χ0n) is 9.10. The first-order valence-corrected chi connectivity index (χ1v) is 5.10. The van der Waals surface area contributed by atoms with Gasteiger partial charge in [0.15, 0.2) is 0 Å². The van der Waals surface area contributed by atoms with Crippen molar-refractivity contribution in [3.05, 3.63) is 30.1 Å². The number of aryl methyl sites for hydroxylation is 2. The molecule has 0 aliphatic heterocycles. The van der Waals surface area contributed by atoms with E-state index in [1.165, 1.54) is 0 Å². The molecule has 1 amide bonds. The van der Waals surface area contributed by atoms with Crippen LogP contribution in [0.1, 0.15) is 12.0 Å². The average molecular weight is 218 g/mol. The molecule has 0 saturated carbocycles. The van der Waals surface area contributed by atoms with Crippen molar-refractivity contribution in [2.45, 2.75) is 12.8 Å². The first-order chi connectivity index (χ1) is 7.70. The molecule has 5 nitrogen and oxygen atoms in total. The van der Waals surface area contributed by atoms with Crippen LogP contribution in [0.2, 0.25) is 0 Å². The number of aromatic nitrogens is 2. The number of nitrogens with zero attached hydrogens (tertiary/aromatic N) is 2. The second kappa shape index (κ2) is 4.32. The van der Waals surface area contributed by atoms with Gasteiger partial charge in [0.05, 0.1) is 17.4 Å². The number of hydrogen-bond donors (Lipinski definition) is 2. The second-order valence-corrected chi connectivity index (χ2v) is 3.75. The lowest BCUT2D eigenvalue weighted by Crippen LogP contribution is -2.30. The van der Waals surface area contributed by atoms with Gasteiger partial charge in [-0.2, -0.15) is 0 Å². The van der Waals surface area contributed by atoms with E-state index in [2.05, 4.69) is 10.4 Å². The normalized spacial score (nSPS) is 10.6. The van der Waals surface area contributed by atoms with Crippen molar-refractivity contribution in [1.29, 1.82) is 0 Å². The highest BCUT2D eigenvalue weighted by Gasteiger charge is 2.03. The van der Waals surface area contributed by atoms with Gasteiger partial charge >= 0.3 is 0 Å². The number of carbonyl (C=O) groups is 1. The predicted molar refractivity (Wildman–Crippen MR) is 61.4 cm³/mol. The van der Waals surface area contributed by atoms with Crippen molar-refractivity contribution >= 4 is 16.9 Å². The molecular formula is C11H14N4O. The molecule has 5 heteroatoms. The van der Waals surface area contributed by atoms with Gasteiger partial charge in [0, 0.05) is 13.5 Å². The first kappa shape index (κ1) is 10.6. The fourth-order valence-electron chi connectivity index (χ4n) is 1.67. The maximum absolute atomic E-state index is 11.0. The van der Waals surface area contributed by atoms with Crippen LogP contribution in [0.5, 0.6) is 0 Å². The molecule has 0 spiro atoms. The van der Waals surface area contributed by atoms with E-state index in [4.69, 9.17) is 5.84 Å². The van der Waals surface area contributed by atoms with Gasteiger partial charge in [0.25, 0.3) is 0 Å². The van der Waals surface area contributed by atoms with Gasteiger partial charge in [-0.1, -0.05) is 6.07 Å². The summed E-state index contributed by atoms with van der Waals surface area (Å²) in [6.45, 7) is 0. The summed E-state index contributed by atoms with van der Waals surface area (Å²) in [6, 6.07) is 6.02. The lowest BCUT2D eigenvalue weighted by atomic mass is 10.1. The molecule has 0 saturated heterocycles. The molecule has 2 rings (SSSR count). The number of benzene rings is 1. The van der Waals surface area contributed by atoms with Crippen molar-refractivity contribution < 1.29 is 4.79 Å². The van der Waals surface area contributed by atoms with Crippen molar-refractivity contribution in [1.82, 2.24) is 15.0 Å². The Labute approximate surface area is 93.2 Å². The fraction of sp³-hybridized carbons (Fsp3) is 0.273. The van der Waals surface area contributed by atoms with E-state index >= 15 is 0 Å². The molecule has 0 atom stereocenters. The van der Waals surface area contributed by atoms with Crippen molar-refractivity contribution in [2.24, 2.45) is 12.9 Å². The van der Waals surface area contributed by atoms with Gasteiger partial charge in [0.1, 0.15) is 0 Å². The van der Waals surface area contributed by atoms with E-state index in [-0.39, 0.29) is 5.91 Å². The summed E-state index contributed by atoms with van der Waals surface area (Å²) >= 11 is 0. The lowest BCUT2D eigenvalue weighted by Gasteiger charge is -2.01. The number of carbonyl (C=O) groups excluding carboxylic acids is 1. The zero-order chi connectivity index (χ0) is 11.5. The third-order valence-electron chi connectivity index (χ3n) is 2.59. The molecule has 16 heavy (non-hydrogen) atoms. The topological polar surface area (TPSA) is 72.9 Å². The second-order valence-electron chi connectivity index (χ2n) is 3.75. The highest BCUT2D eigenvalue weighted by molar-refractivity contribution is 5.77. The summed E-state index contributed by atoms with van der Waals surface area (Å²) in [5.41, 5.74) is 5.25. The molecule has 2 aromatic rings. The highest BCUT2D eigenvalue weighted by Crippen LogP contribution is 2.14. The van der Waals surface area contributed by atoms with Crippen LogP contribution >= 0.6 is 0 Å². The Morgan fingerprint density at radius 1 is 1.56 bits per heavy atom. The van der Waals surface area contributed by atoms with Crippen LogP contribution in [0.4, 0.5) is 0 Å². The van der Waals surface area contributed by atoms with Crippen LogP contribution in [0.25, 0.3) is 11.0 Å². The minimum Gasteiger partial charge on any atom is -0.334 e. The van der Waals surface area contributed by atoms with Crippen LogP contribution in [-0.2, 0) is 18.3 Å². The lowest BCUT2D eigenvalue weighted by molar-refractivity contribution is -0.121. The van der Waals surface area contributed by atoms with Crippen molar-refractivity contribution in [3.63, 3.8) is 0 Å². The van der Waals surface area contributed by atoms with Gasteiger partial charge in [-0.05, 0) is 24.1 Å². The van der Waals surface area contributed by atoms with Gasteiger partial charge in [0.2, 0.25) is 5.91 Å². The number of hydrogen-bond acceptors (Lipinski definition) is 3. The third-order valence-corrected chi connectivity index (χ3v) is 2.59. The summed E-state index contributed by atoms with van der Waals surface area (Å²) in [5, 5.41) is 0. The van der Waals surface area contributed by atoms with Crippen LogP contribution in [0.3, 0.4) is 0 Å². The molecule has 0 radical (unpaired) electrons. The summed E-state index contributed by atoms with van der Waals surface area (Å²) in [4.78, 5) is 15.3. The number of imidazole rings is 1. The molecule has 1 heterocycles. The fourth-order valence-corrected chi connectivity index (χ4v) is 1.67. The van der Waals surface area contributed by atoms with E-state index < -0.39 is 0 Å². The Hall–Kier alpha value is -1.88. The molecular weight excluding hydrogens is 204 g/mol. The minimum absolute atomic E-state index is 0.152. The van der Waals surface area contributed by atoms with Crippen LogP contribution in [0, 0.1) is 0 Å². The van der Waals surface area contributed by atoms with Crippen LogP contribution in [-0.4, -0.2) is 15.5 Å². The molecule has 0 aliphatic rings. The SMILES string of the molecule is Cn1cnc2cc(CCC(=O)NN)ccc21. The minimum atomic E-state index is -0.152. The van der Waals surface area contributed by atoms with Gasteiger partial charge in [-0.25, -0.2) is 10.8 Å². The molecule has 1 aromatic carbocycles. The molecule has 0 unspecified atom stereocenters. The summed E-state index contributed by atoms with van der Waals surface area (Å²) in [7, 11) is 1.96. The highest BCUT2D eigenvalue weighted by atomic mass is 16.2. The monoisotopic (exact) mass is 218 g/mol. The maximum atomic E-state index is 11.0. The van der Waals surface area contributed by atoms with Crippen LogP contribution < -0.4 is 11.3 Å². The summed E-state index contributed by atoms with van der Waals surface area (Å²) < 4.78 is 1.96. The maximum Gasteiger partial charge on any atom is 0.234 e. The Kier molecular flexibility index (Phi) is 2.87. The largest absolute Gasteiger partial charge is 0.334 e. The first-order valence-electron chi connectivity index (χ1n) is 5.10. The van der Waals surface area contributed by atoms with E-state index in [1.807, 2.05) is 29.8 Å². The summed E-state index contributed by atoms with van der Waals surface area (Å²) in [6.07, 6.45) is 2.85. The number of rotatable bonds is 3. The van der Waals surface area contributed by atoms with Gasteiger partial charge < -0.3 is 4.57 Å². The predicted octanol–water partition coefficient (Wildman–Crippen LogP) is 0.496. The molecule has 0 bridgehead atoms. The quantitative estimate of drug-likeness (QED) is 0.447. The molecule has 84 valence electrons. The Bertz CT molecular complexity index is 518. The molecule has 1 aromatic heterocycles. The number of hydrazine groups is 1. The number of nitrogens with two attached hydrogens (primary N) is 1.